The first kappa shape index (κ1) is 16.0. The average Bonchev–Trinajstić information content (AvgIpc) is 2.45. The molecule has 1 aliphatic heterocycles. The number of thiocarbonyl (C=S) groups is 1. The van der Waals surface area contributed by atoms with Gasteiger partial charge in [0.1, 0.15) is 4.99 Å². The summed E-state index contributed by atoms with van der Waals surface area (Å²) in [7, 11) is 1.67. The van der Waals surface area contributed by atoms with Crippen molar-refractivity contribution in [2.24, 2.45) is 5.73 Å². The predicted octanol–water partition coefficient (Wildman–Crippen LogP) is 2.95. The van der Waals surface area contributed by atoms with E-state index in [0.29, 0.717) is 5.69 Å². The molecule has 0 aliphatic carbocycles. The van der Waals surface area contributed by atoms with Crippen molar-refractivity contribution < 1.29 is 17.9 Å². The third kappa shape index (κ3) is 3.65. The Bertz CT molecular complexity index is 525. The Balaban J connectivity index is 2.27. The monoisotopic (exact) mass is 318 g/mol. The Labute approximate surface area is 126 Å². The molecule has 1 aromatic carbocycles. The summed E-state index contributed by atoms with van der Waals surface area (Å²) in [6.45, 7) is 1.47. The van der Waals surface area contributed by atoms with E-state index in [1.807, 2.05) is 4.90 Å². The smallest absolute Gasteiger partial charge is 0.389 e. The minimum Gasteiger partial charge on any atom is -0.389 e. The van der Waals surface area contributed by atoms with Crippen molar-refractivity contribution in [3.63, 3.8) is 0 Å². The summed E-state index contributed by atoms with van der Waals surface area (Å²) in [5, 5.41) is 0. The first-order valence-corrected chi connectivity index (χ1v) is 7.02. The van der Waals surface area contributed by atoms with Crippen LogP contribution in [-0.2, 0) is 10.9 Å². The molecule has 7 heteroatoms. The van der Waals surface area contributed by atoms with Crippen molar-refractivity contribution in [3.8, 4) is 0 Å². The van der Waals surface area contributed by atoms with E-state index in [0.717, 1.165) is 32.0 Å². The molecule has 3 nitrogen and oxygen atoms in total. The molecular weight excluding hydrogens is 301 g/mol. The molecule has 0 aromatic heterocycles. The summed E-state index contributed by atoms with van der Waals surface area (Å²) in [5.41, 5.74) is 5.25. The summed E-state index contributed by atoms with van der Waals surface area (Å²) in [5.74, 6) is 0. The van der Waals surface area contributed by atoms with Crippen LogP contribution in [-0.4, -0.2) is 31.3 Å². The number of benzene rings is 1. The molecule has 1 aliphatic rings. The van der Waals surface area contributed by atoms with Gasteiger partial charge in [0.25, 0.3) is 0 Å². The first-order chi connectivity index (χ1) is 9.82. The van der Waals surface area contributed by atoms with Gasteiger partial charge < -0.3 is 15.4 Å². The Kier molecular flexibility index (Phi) is 4.73. The number of nitrogens with two attached hydrogens (primary N) is 1. The van der Waals surface area contributed by atoms with Crippen molar-refractivity contribution in [1.82, 2.24) is 0 Å². The number of anilines is 1. The van der Waals surface area contributed by atoms with Gasteiger partial charge in [0, 0.05) is 31.5 Å². The molecular formula is C14H17F3N2OS. The molecule has 1 aromatic rings. The quantitative estimate of drug-likeness (QED) is 0.870. The topological polar surface area (TPSA) is 38.5 Å². The second kappa shape index (κ2) is 6.19. The number of rotatable bonds is 3. The largest absolute Gasteiger partial charge is 0.417 e. The molecule has 0 amide bonds. The molecule has 2 rings (SSSR count). The van der Waals surface area contributed by atoms with Crippen LogP contribution in [0.15, 0.2) is 18.2 Å². The molecule has 0 atom stereocenters. The van der Waals surface area contributed by atoms with E-state index >= 15 is 0 Å². The van der Waals surface area contributed by atoms with Crippen LogP contribution in [0.3, 0.4) is 0 Å². The second-order valence-electron chi connectivity index (χ2n) is 5.01. The minimum atomic E-state index is -4.46. The van der Waals surface area contributed by atoms with Crippen LogP contribution < -0.4 is 10.6 Å². The van der Waals surface area contributed by atoms with Gasteiger partial charge in [-0.15, -0.1) is 0 Å². The van der Waals surface area contributed by atoms with Crippen LogP contribution in [0.1, 0.15) is 24.0 Å². The van der Waals surface area contributed by atoms with Gasteiger partial charge in [0.2, 0.25) is 0 Å². The summed E-state index contributed by atoms with van der Waals surface area (Å²) in [6, 6.07) is 3.95. The zero-order valence-corrected chi connectivity index (χ0v) is 12.4. The van der Waals surface area contributed by atoms with Gasteiger partial charge in [-0.1, -0.05) is 12.2 Å². The summed E-state index contributed by atoms with van der Waals surface area (Å²) in [4.78, 5) is 1.79. The summed E-state index contributed by atoms with van der Waals surface area (Å²) in [6.07, 6.45) is -2.55. The lowest BCUT2D eigenvalue weighted by Gasteiger charge is -2.33. The number of piperidine rings is 1. The highest BCUT2D eigenvalue weighted by Gasteiger charge is 2.34. The van der Waals surface area contributed by atoms with Crippen molar-refractivity contribution >= 4 is 22.9 Å². The number of nitrogens with zero attached hydrogens (tertiary/aromatic N) is 1. The fourth-order valence-electron chi connectivity index (χ4n) is 2.53. The maximum Gasteiger partial charge on any atom is 0.417 e. The van der Waals surface area contributed by atoms with Crippen molar-refractivity contribution in [3.05, 3.63) is 29.3 Å². The van der Waals surface area contributed by atoms with E-state index in [-0.39, 0.29) is 16.7 Å². The normalized spacial score (nSPS) is 17.0. The van der Waals surface area contributed by atoms with Gasteiger partial charge in [-0.3, -0.25) is 0 Å². The van der Waals surface area contributed by atoms with E-state index < -0.39 is 11.7 Å². The molecule has 1 fully saturated rings. The van der Waals surface area contributed by atoms with E-state index in [1.54, 1.807) is 7.11 Å². The third-order valence-electron chi connectivity index (χ3n) is 3.71. The molecule has 116 valence electrons. The number of hydrogen-bond donors (Lipinski definition) is 1. The van der Waals surface area contributed by atoms with Gasteiger partial charge in [-0.25, -0.2) is 0 Å². The standard InChI is InChI=1S/C14H17F3N2OS/c1-20-10-4-6-19(7-5-10)9-2-3-12(14(15,16)17)11(8-9)13(18)21/h2-3,8,10H,4-7H2,1H3,(H2,18,21). The van der Waals surface area contributed by atoms with Crippen LogP contribution in [0.2, 0.25) is 0 Å². The lowest BCUT2D eigenvalue weighted by atomic mass is 10.0. The average molecular weight is 318 g/mol. The van der Waals surface area contributed by atoms with E-state index in [1.165, 1.54) is 12.1 Å². The van der Waals surface area contributed by atoms with Crippen molar-refractivity contribution in [2.45, 2.75) is 25.1 Å². The molecule has 1 saturated heterocycles. The summed E-state index contributed by atoms with van der Waals surface area (Å²) < 4.78 is 44.1. The molecule has 0 unspecified atom stereocenters. The number of alkyl halides is 3. The highest BCUT2D eigenvalue weighted by Crippen LogP contribution is 2.34. The Morgan fingerprint density at radius 2 is 1.95 bits per heavy atom. The zero-order chi connectivity index (χ0) is 15.6. The second-order valence-corrected chi connectivity index (χ2v) is 5.45. The molecule has 0 saturated carbocycles. The van der Waals surface area contributed by atoms with E-state index in [2.05, 4.69) is 0 Å². The number of ether oxygens (including phenoxy) is 1. The maximum absolute atomic E-state index is 12.9. The van der Waals surface area contributed by atoms with Crippen LogP contribution in [0.4, 0.5) is 18.9 Å². The first-order valence-electron chi connectivity index (χ1n) is 6.61. The Morgan fingerprint density at radius 3 is 2.43 bits per heavy atom. The van der Waals surface area contributed by atoms with Crippen LogP contribution >= 0.6 is 12.2 Å². The van der Waals surface area contributed by atoms with Gasteiger partial charge in [0.05, 0.1) is 11.7 Å². The van der Waals surface area contributed by atoms with Gasteiger partial charge in [0.15, 0.2) is 0 Å². The van der Waals surface area contributed by atoms with Gasteiger partial charge >= 0.3 is 6.18 Å². The van der Waals surface area contributed by atoms with Gasteiger partial charge in [-0.05, 0) is 31.0 Å². The molecule has 21 heavy (non-hydrogen) atoms. The highest BCUT2D eigenvalue weighted by atomic mass is 32.1. The zero-order valence-electron chi connectivity index (χ0n) is 11.6. The van der Waals surface area contributed by atoms with Crippen molar-refractivity contribution in [1.29, 1.82) is 0 Å². The third-order valence-corrected chi connectivity index (χ3v) is 3.93. The predicted molar refractivity (Wildman–Crippen MR) is 79.6 cm³/mol. The fraction of sp³-hybridized carbons (Fsp3) is 0.500. The maximum atomic E-state index is 12.9. The number of hydrogen-bond acceptors (Lipinski definition) is 3. The molecule has 0 spiro atoms. The highest BCUT2D eigenvalue weighted by molar-refractivity contribution is 7.80. The molecule has 0 bridgehead atoms. The van der Waals surface area contributed by atoms with Crippen LogP contribution in [0.25, 0.3) is 0 Å². The minimum absolute atomic E-state index is 0.121. The Hall–Kier alpha value is -1.34. The van der Waals surface area contributed by atoms with E-state index in [4.69, 9.17) is 22.7 Å². The fourth-order valence-corrected chi connectivity index (χ4v) is 2.70. The molecule has 2 N–H and O–H groups in total. The Morgan fingerprint density at radius 1 is 1.33 bits per heavy atom. The molecule has 0 radical (unpaired) electrons. The van der Waals surface area contributed by atoms with Crippen LogP contribution in [0, 0.1) is 0 Å². The molecule has 1 heterocycles. The van der Waals surface area contributed by atoms with Crippen LogP contribution in [0.5, 0.6) is 0 Å². The van der Waals surface area contributed by atoms with E-state index in [9.17, 15) is 13.2 Å². The number of halogens is 3. The lowest BCUT2D eigenvalue weighted by Crippen LogP contribution is -2.36. The SMILES string of the molecule is COC1CCN(c2ccc(C(F)(F)F)c(C(N)=S)c2)CC1. The number of methoxy groups -OCH3 is 1. The summed E-state index contributed by atoms with van der Waals surface area (Å²) >= 11 is 4.76. The lowest BCUT2D eigenvalue weighted by molar-refractivity contribution is -0.137. The van der Waals surface area contributed by atoms with Crippen molar-refractivity contribution in [2.75, 3.05) is 25.1 Å². The van der Waals surface area contributed by atoms with Gasteiger partial charge in [-0.2, -0.15) is 13.2 Å².